The molecule has 1 fully saturated rings. The Morgan fingerprint density at radius 2 is 1.94 bits per heavy atom. The van der Waals surface area contributed by atoms with Gasteiger partial charge in [-0.2, -0.15) is 0 Å². The normalized spacial score (nSPS) is 17.1. The zero-order chi connectivity index (χ0) is 12.6. The number of rotatable bonds is 2. The number of anilines is 1. The number of hydrogen-bond donors (Lipinski definition) is 1. The van der Waals surface area contributed by atoms with Crippen molar-refractivity contribution in [2.75, 3.05) is 18.0 Å². The number of hydrogen-bond acceptors (Lipinski definition) is 2. The molecule has 94 valence electrons. The summed E-state index contributed by atoms with van der Waals surface area (Å²) in [5, 5.41) is 0. The second-order valence-electron chi connectivity index (χ2n) is 6.24. The van der Waals surface area contributed by atoms with E-state index in [1.807, 2.05) is 0 Å². The van der Waals surface area contributed by atoms with Crippen molar-refractivity contribution in [2.45, 2.75) is 34.2 Å². The molecule has 1 saturated heterocycles. The first-order valence-corrected chi connectivity index (χ1v) is 6.47. The number of benzene rings is 1. The maximum atomic E-state index is 5.86. The maximum absolute atomic E-state index is 5.86. The molecule has 1 aliphatic heterocycles. The Bertz CT molecular complexity index is 398. The van der Waals surface area contributed by atoms with E-state index in [2.05, 4.69) is 50.8 Å². The largest absolute Gasteiger partial charge is 0.371 e. The van der Waals surface area contributed by atoms with Crippen LogP contribution in [-0.2, 0) is 6.54 Å². The average molecular weight is 232 g/mol. The Hall–Kier alpha value is -1.02. The van der Waals surface area contributed by atoms with E-state index in [1.54, 1.807) is 0 Å². The van der Waals surface area contributed by atoms with E-state index in [0.717, 1.165) is 5.92 Å². The predicted molar refractivity (Wildman–Crippen MR) is 74.2 cm³/mol. The second-order valence-corrected chi connectivity index (χ2v) is 6.24. The molecule has 0 radical (unpaired) electrons. The highest BCUT2D eigenvalue weighted by Crippen LogP contribution is 2.37. The summed E-state index contributed by atoms with van der Waals surface area (Å²) in [5.41, 5.74) is 10.2. The standard InChI is InChI=1S/C15H24N2/c1-11-6-5-7-14(13(11)8-16)17-9-12(10-17)15(2,3)4/h5-7,12H,8-10,16H2,1-4H3. The summed E-state index contributed by atoms with van der Waals surface area (Å²) in [7, 11) is 0. The molecule has 0 aromatic heterocycles. The molecule has 0 spiro atoms. The first kappa shape index (κ1) is 12.4. The van der Waals surface area contributed by atoms with Crippen LogP contribution in [-0.4, -0.2) is 13.1 Å². The van der Waals surface area contributed by atoms with Gasteiger partial charge in [0.05, 0.1) is 0 Å². The molecule has 0 atom stereocenters. The quantitative estimate of drug-likeness (QED) is 0.849. The Kier molecular flexibility index (Phi) is 3.17. The fourth-order valence-electron chi connectivity index (χ4n) is 2.47. The predicted octanol–water partition coefficient (Wildman–Crippen LogP) is 2.94. The minimum atomic E-state index is 0.420. The summed E-state index contributed by atoms with van der Waals surface area (Å²) in [4.78, 5) is 2.46. The van der Waals surface area contributed by atoms with Crippen LogP contribution in [0.4, 0.5) is 5.69 Å². The lowest BCUT2D eigenvalue weighted by Gasteiger charge is -2.48. The van der Waals surface area contributed by atoms with Gasteiger partial charge in [0, 0.05) is 25.3 Å². The van der Waals surface area contributed by atoms with E-state index in [0.29, 0.717) is 12.0 Å². The molecule has 0 unspecified atom stereocenters. The number of aryl methyl sites for hydroxylation is 1. The second kappa shape index (κ2) is 4.34. The van der Waals surface area contributed by atoms with Crippen molar-refractivity contribution < 1.29 is 0 Å². The van der Waals surface area contributed by atoms with Crippen LogP contribution in [0.1, 0.15) is 31.9 Å². The molecular weight excluding hydrogens is 208 g/mol. The third-order valence-electron chi connectivity index (χ3n) is 4.04. The zero-order valence-corrected chi connectivity index (χ0v) is 11.5. The van der Waals surface area contributed by atoms with Crippen molar-refractivity contribution in [3.05, 3.63) is 29.3 Å². The molecule has 0 bridgehead atoms. The van der Waals surface area contributed by atoms with Gasteiger partial charge in [0.1, 0.15) is 0 Å². The summed E-state index contributed by atoms with van der Waals surface area (Å²) in [5.74, 6) is 0.800. The fourth-order valence-corrected chi connectivity index (χ4v) is 2.47. The first-order chi connectivity index (χ1) is 7.93. The highest BCUT2D eigenvalue weighted by molar-refractivity contribution is 5.58. The van der Waals surface area contributed by atoms with Gasteiger partial charge in [0.2, 0.25) is 0 Å². The third-order valence-corrected chi connectivity index (χ3v) is 4.04. The average Bonchev–Trinajstić information content (AvgIpc) is 2.13. The van der Waals surface area contributed by atoms with Crippen LogP contribution in [0, 0.1) is 18.3 Å². The lowest BCUT2D eigenvalue weighted by Crippen LogP contribution is -2.52. The van der Waals surface area contributed by atoms with Crippen LogP contribution >= 0.6 is 0 Å². The highest BCUT2D eigenvalue weighted by atomic mass is 15.2. The molecular formula is C15H24N2. The van der Waals surface area contributed by atoms with Crippen LogP contribution in [0.2, 0.25) is 0 Å². The minimum Gasteiger partial charge on any atom is -0.371 e. The molecule has 1 aromatic carbocycles. The molecule has 0 saturated carbocycles. The molecule has 1 aliphatic rings. The molecule has 0 amide bonds. The van der Waals surface area contributed by atoms with Gasteiger partial charge in [-0.3, -0.25) is 0 Å². The number of nitrogens with two attached hydrogens (primary N) is 1. The van der Waals surface area contributed by atoms with Gasteiger partial charge in [-0.05, 0) is 35.4 Å². The lowest BCUT2D eigenvalue weighted by atomic mass is 9.75. The molecule has 1 aromatic rings. The highest BCUT2D eigenvalue weighted by Gasteiger charge is 2.36. The Labute approximate surface area is 105 Å². The van der Waals surface area contributed by atoms with Crippen molar-refractivity contribution in [1.82, 2.24) is 0 Å². The molecule has 2 heteroatoms. The van der Waals surface area contributed by atoms with E-state index in [9.17, 15) is 0 Å². The summed E-state index contributed by atoms with van der Waals surface area (Å²) in [6.45, 7) is 12.1. The molecule has 2 N–H and O–H groups in total. The minimum absolute atomic E-state index is 0.420. The van der Waals surface area contributed by atoms with Crippen LogP contribution in [0.5, 0.6) is 0 Å². The molecule has 2 nitrogen and oxygen atoms in total. The molecule has 1 heterocycles. The van der Waals surface area contributed by atoms with Gasteiger partial charge in [0.25, 0.3) is 0 Å². The van der Waals surface area contributed by atoms with E-state index in [1.165, 1.54) is 29.9 Å². The lowest BCUT2D eigenvalue weighted by molar-refractivity contribution is 0.195. The van der Waals surface area contributed by atoms with Gasteiger partial charge >= 0.3 is 0 Å². The van der Waals surface area contributed by atoms with Crippen LogP contribution < -0.4 is 10.6 Å². The Morgan fingerprint density at radius 3 is 2.47 bits per heavy atom. The van der Waals surface area contributed by atoms with Crippen LogP contribution in [0.15, 0.2) is 18.2 Å². The monoisotopic (exact) mass is 232 g/mol. The third kappa shape index (κ3) is 2.32. The summed E-state index contributed by atoms with van der Waals surface area (Å²) < 4.78 is 0. The van der Waals surface area contributed by atoms with Crippen molar-refractivity contribution in [1.29, 1.82) is 0 Å². The fraction of sp³-hybridized carbons (Fsp3) is 0.600. The SMILES string of the molecule is Cc1cccc(N2CC(C(C)(C)C)C2)c1CN. The summed E-state index contributed by atoms with van der Waals surface area (Å²) in [6, 6.07) is 6.48. The summed E-state index contributed by atoms with van der Waals surface area (Å²) >= 11 is 0. The smallest absolute Gasteiger partial charge is 0.0414 e. The van der Waals surface area contributed by atoms with Crippen molar-refractivity contribution in [3.63, 3.8) is 0 Å². The summed E-state index contributed by atoms with van der Waals surface area (Å²) in [6.07, 6.45) is 0. The Morgan fingerprint density at radius 1 is 1.29 bits per heavy atom. The topological polar surface area (TPSA) is 29.3 Å². The van der Waals surface area contributed by atoms with Crippen molar-refractivity contribution in [2.24, 2.45) is 17.1 Å². The van der Waals surface area contributed by atoms with Gasteiger partial charge < -0.3 is 10.6 Å². The number of nitrogens with zero attached hydrogens (tertiary/aromatic N) is 1. The van der Waals surface area contributed by atoms with Gasteiger partial charge in [0.15, 0.2) is 0 Å². The molecule has 17 heavy (non-hydrogen) atoms. The first-order valence-electron chi connectivity index (χ1n) is 6.47. The zero-order valence-electron chi connectivity index (χ0n) is 11.5. The van der Waals surface area contributed by atoms with Gasteiger partial charge in [-0.15, -0.1) is 0 Å². The van der Waals surface area contributed by atoms with Crippen molar-refractivity contribution >= 4 is 5.69 Å². The van der Waals surface area contributed by atoms with E-state index < -0.39 is 0 Å². The van der Waals surface area contributed by atoms with E-state index in [4.69, 9.17) is 5.73 Å². The van der Waals surface area contributed by atoms with E-state index in [-0.39, 0.29) is 0 Å². The van der Waals surface area contributed by atoms with Crippen molar-refractivity contribution in [3.8, 4) is 0 Å². The Balaban J connectivity index is 2.14. The molecule has 2 rings (SSSR count). The van der Waals surface area contributed by atoms with Gasteiger partial charge in [-0.25, -0.2) is 0 Å². The van der Waals surface area contributed by atoms with Crippen LogP contribution in [0.25, 0.3) is 0 Å². The molecule has 0 aliphatic carbocycles. The maximum Gasteiger partial charge on any atom is 0.0414 e. The van der Waals surface area contributed by atoms with Crippen LogP contribution in [0.3, 0.4) is 0 Å². The van der Waals surface area contributed by atoms with E-state index >= 15 is 0 Å². The van der Waals surface area contributed by atoms with Gasteiger partial charge in [-0.1, -0.05) is 32.9 Å².